The molecule has 0 aromatic carbocycles. The highest BCUT2D eigenvalue weighted by molar-refractivity contribution is 7.12. The van der Waals surface area contributed by atoms with Gasteiger partial charge in [0.05, 0.1) is 0 Å². The second-order valence-electron chi connectivity index (χ2n) is 2.96. The van der Waals surface area contributed by atoms with Crippen molar-refractivity contribution >= 4 is 17.6 Å². The van der Waals surface area contributed by atoms with Gasteiger partial charge in [0.2, 0.25) is 0 Å². The Hall–Kier alpha value is -0.630. The molecule has 0 aliphatic carbocycles. The fourth-order valence-electron chi connectivity index (χ4n) is 1.21. The van der Waals surface area contributed by atoms with Crippen molar-refractivity contribution in [3.05, 3.63) is 21.4 Å². The van der Waals surface area contributed by atoms with Gasteiger partial charge in [0.1, 0.15) is 0 Å². The first-order valence-electron chi connectivity index (χ1n) is 4.32. The summed E-state index contributed by atoms with van der Waals surface area (Å²) in [6.07, 6.45) is 4.40. The Labute approximate surface area is 77.4 Å². The molecule has 0 N–H and O–H groups in total. The first kappa shape index (κ1) is 9.46. The van der Waals surface area contributed by atoms with Gasteiger partial charge in [-0.15, -0.1) is 11.3 Å². The molecule has 0 fully saturated rings. The molecule has 0 spiro atoms. The normalized spacial score (nSPS) is 10.2. The van der Waals surface area contributed by atoms with Crippen molar-refractivity contribution in [2.24, 2.45) is 0 Å². The standard InChI is InChI=1S/C10H14OS/c1-3-4-5-10-9(7-11)6-8(2)12-10/h6-7H,3-5H2,1-2H3. The molecule has 0 saturated carbocycles. The third-order valence-electron chi connectivity index (χ3n) is 1.85. The Morgan fingerprint density at radius 1 is 1.58 bits per heavy atom. The molecule has 12 heavy (non-hydrogen) atoms. The highest BCUT2D eigenvalue weighted by Crippen LogP contribution is 2.22. The van der Waals surface area contributed by atoms with E-state index in [0.717, 1.165) is 18.3 Å². The summed E-state index contributed by atoms with van der Waals surface area (Å²) in [6.45, 7) is 4.22. The Kier molecular flexibility index (Phi) is 3.48. The van der Waals surface area contributed by atoms with Crippen LogP contribution in [0.4, 0.5) is 0 Å². The van der Waals surface area contributed by atoms with Crippen LogP contribution in [0.3, 0.4) is 0 Å². The molecule has 1 heterocycles. The lowest BCUT2D eigenvalue weighted by Crippen LogP contribution is -1.85. The molecule has 1 aromatic rings. The molecule has 0 unspecified atom stereocenters. The van der Waals surface area contributed by atoms with E-state index < -0.39 is 0 Å². The zero-order valence-corrected chi connectivity index (χ0v) is 8.41. The highest BCUT2D eigenvalue weighted by atomic mass is 32.1. The summed E-state index contributed by atoms with van der Waals surface area (Å²) < 4.78 is 0. The molecule has 2 heteroatoms. The molecule has 1 aromatic heterocycles. The van der Waals surface area contributed by atoms with Gasteiger partial charge in [-0.05, 0) is 25.8 Å². The van der Waals surface area contributed by atoms with Crippen molar-refractivity contribution < 1.29 is 4.79 Å². The minimum absolute atomic E-state index is 0.894. The molecule has 66 valence electrons. The van der Waals surface area contributed by atoms with E-state index in [2.05, 4.69) is 6.92 Å². The van der Waals surface area contributed by atoms with Crippen molar-refractivity contribution in [3.63, 3.8) is 0 Å². The minimum atomic E-state index is 0.894. The number of carbonyl (C=O) groups excluding carboxylic acids is 1. The lowest BCUT2D eigenvalue weighted by atomic mass is 10.1. The van der Waals surface area contributed by atoms with Gasteiger partial charge in [0, 0.05) is 15.3 Å². The van der Waals surface area contributed by atoms with E-state index in [1.807, 2.05) is 13.0 Å². The van der Waals surface area contributed by atoms with E-state index >= 15 is 0 Å². The summed E-state index contributed by atoms with van der Waals surface area (Å²) in [5.41, 5.74) is 0.894. The van der Waals surface area contributed by atoms with Crippen LogP contribution < -0.4 is 0 Å². The number of carbonyl (C=O) groups is 1. The predicted octanol–water partition coefficient (Wildman–Crippen LogP) is 3.21. The van der Waals surface area contributed by atoms with E-state index in [4.69, 9.17) is 0 Å². The number of thiophene rings is 1. The monoisotopic (exact) mass is 182 g/mol. The number of rotatable bonds is 4. The molecule has 0 saturated heterocycles. The van der Waals surface area contributed by atoms with Crippen molar-refractivity contribution in [2.45, 2.75) is 33.1 Å². The Bertz CT molecular complexity index is 263. The number of unbranched alkanes of at least 4 members (excludes halogenated alkanes) is 1. The first-order chi connectivity index (χ1) is 5.77. The second-order valence-corrected chi connectivity index (χ2v) is 4.30. The lowest BCUT2D eigenvalue weighted by Gasteiger charge is -1.94. The molecule has 0 atom stereocenters. The van der Waals surface area contributed by atoms with Crippen LogP contribution in [0.1, 0.15) is 39.9 Å². The smallest absolute Gasteiger partial charge is 0.151 e. The molecule has 0 radical (unpaired) electrons. The maximum Gasteiger partial charge on any atom is 0.151 e. The predicted molar refractivity (Wildman–Crippen MR) is 53.1 cm³/mol. The molecule has 1 rings (SSSR count). The van der Waals surface area contributed by atoms with Crippen molar-refractivity contribution in [1.82, 2.24) is 0 Å². The fraction of sp³-hybridized carbons (Fsp3) is 0.500. The van der Waals surface area contributed by atoms with E-state index in [1.54, 1.807) is 11.3 Å². The summed E-state index contributed by atoms with van der Waals surface area (Å²) in [6, 6.07) is 1.97. The van der Waals surface area contributed by atoms with Crippen LogP contribution in [-0.2, 0) is 6.42 Å². The molecular formula is C10H14OS. The topological polar surface area (TPSA) is 17.1 Å². The van der Waals surface area contributed by atoms with Crippen molar-refractivity contribution in [3.8, 4) is 0 Å². The van der Waals surface area contributed by atoms with Crippen LogP contribution in [0.25, 0.3) is 0 Å². The van der Waals surface area contributed by atoms with Gasteiger partial charge >= 0.3 is 0 Å². The van der Waals surface area contributed by atoms with Crippen LogP contribution >= 0.6 is 11.3 Å². The van der Waals surface area contributed by atoms with Crippen LogP contribution in [0.2, 0.25) is 0 Å². The molecule has 0 amide bonds. The SMILES string of the molecule is CCCCc1sc(C)cc1C=O. The van der Waals surface area contributed by atoms with E-state index in [1.165, 1.54) is 22.6 Å². The van der Waals surface area contributed by atoms with Gasteiger partial charge in [-0.3, -0.25) is 4.79 Å². The van der Waals surface area contributed by atoms with E-state index in [9.17, 15) is 4.79 Å². The fourth-order valence-corrected chi connectivity index (χ4v) is 2.26. The first-order valence-corrected chi connectivity index (χ1v) is 5.14. The third-order valence-corrected chi connectivity index (χ3v) is 2.98. The highest BCUT2D eigenvalue weighted by Gasteiger charge is 2.04. The van der Waals surface area contributed by atoms with Crippen LogP contribution in [0, 0.1) is 6.92 Å². The lowest BCUT2D eigenvalue weighted by molar-refractivity contribution is 0.112. The number of hydrogen-bond acceptors (Lipinski definition) is 2. The zero-order chi connectivity index (χ0) is 8.97. The quantitative estimate of drug-likeness (QED) is 0.653. The van der Waals surface area contributed by atoms with Crippen molar-refractivity contribution in [1.29, 1.82) is 0 Å². The largest absolute Gasteiger partial charge is 0.298 e. The zero-order valence-electron chi connectivity index (χ0n) is 7.59. The number of hydrogen-bond donors (Lipinski definition) is 0. The summed E-state index contributed by atoms with van der Waals surface area (Å²) in [7, 11) is 0. The summed E-state index contributed by atoms with van der Waals surface area (Å²) in [5.74, 6) is 0. The van der Waals surface area contributed by atoms with Gasteiger partial charge in [0.15, 0.2) is 6.29 Å². The average Bonchev–Trinajstić information content (AvgIpc) is 2.42. The van der Waals surface area contributed by atoms with E-state index in [-0.39, 0.29) is 0 Å². The maximum absolute atomic E-state index is 10.6. The summed E-state index contributed by atoms with van der Waals surface area (Å²) >= 11 is 1.75. The van der Waals surface area contributed by atoms with Gasteiger partial charge < -0.3 is 0 Å². The maximum atomic E-state index is 10.6. The summed E-state index contributed by atoms with van der Waals surface area (Å²) in [4.78, 5) is 13.1. The Morgan fingerprint density at radius 2 is 2.33 bits per heavy atom. The van der Waals surface area contributed by atoms with Gasteiger partial charge in [-0.1, -0.05) is 13.3 Å². The third kappa shape index (κ3) is 2.18. The minimum Gasteiger partial charge on any atom is -0.298 e. The number of aldehydes is 1. The Morgan fingerprint density at radius 3 is 2.92 bits per heavy atom. The Balaban J connectivity index is 2.74. The van der Waals surface area contributed by atoms with Crippen molar-refractivity contribution in [2.75, 3.05) is 0 Å². The second kappa shape index (κ2) is 4.41. The molecule has 1 nitrogen and oxygen atoms in total. The molecule has 0 bridgehead atoms. The molecule has 0 aliphatic heterocycles. The van der Waals surface area contributed by atoms with Gasteiger partial charge in [0.25, 0.3) is 0 Å². The van der Waals surface area contributed by atoms with Gasteiger partial charge in [-0.2, -0.15) is 0 Å². The van der Waals surface area contributed by atoms with Crippen LogP contribution in [0.15, 0.2) is 6.07 Å². The average molecular weight is 182 g/mol. The van der Waals surface area contributed by atoms with Gasteiger partial charge in [-0.25, -0.2) is 0 Å². The molecule has 0 aliphatic rings. The van der Waals surface area contributed by atoms with E-state index in [0.29, 0.717) is 0 Å². The van der Waals surface area contributed by atoms with Crippen LogP contribution in [-0.4, -0.2) is 6.29 Å². The summed E-state index contributed by atoms with van der Waals surface area (Å²) in [5, 5.41) is 0. The van der Waals surface area contributed by atoms with Crippen LogP contribution in [0.5, 0.6) is 0 Å². The number of aryl methyl sites for hydroxylation is 2. The molecular weight excluding hydrogens is 168 g/mol.